The monoisotopic (exact) mass is 247 g/mol. The molecular formula is C13H10FNO3. The zero-order valence-corrected chi connectivity index (χ0v) is 9.59. The second kappa shape index (κ2) is 4.83. The lowest BCUT2D eigenvalue weighted by atomic mass is 10.2. The molecule has 0 atom stereocenters. The molecule has 92 valence electrons. The minimum atomic E-state index is -0.757. The summed E-state index contributed by atoms with van der Waals surface area (Å²) in [5.41, 5.74) is 0.555. The first-order valence-corrected chi connectivity index (χ1v) is 5.25. The molecule has 0 unspecified atom stereocenters. The Morgan fingerprint density at radius 2 is 1.89 bits per heavy atom. The third-order valence-electron chi connectivity index (χ3n) is 2.44. The summed E-state index contributed by atoms with van der Waals surface area (Å²) < 4.78 is 19.0. The van der Waals surface area contributed by atoms with Crippen LogP contribution in [0.3, 0.4) is 0 Å². The van der Waals surface area contributed by atoms with Crippen molar-refractivity contribution in [2.24, 2.45) is 0 Å². The number of nitro groups is 1. The van der Waals surface area contributed by atoms with Crippen molar-refractivity contribution < 1.29 is 14.1 Å². The van der Waals surface area contributed by atoms with E-state index in [2.05, 4.69) is 0 Å². The fraction of sp³-hybridized carbons (Fsp3) is 0.0769. The van der Waals surface area contributed by atoms with Gasteiger partial charge in [0.2, 0.25) is 0 Å². The van der Waals surface area contributed by atoms with Crippen LogP contribution in [0.2, 0.25) is 0 Å². The first-order valence-electron chi connectivity index (χ1n) is 5.25. The molecule has 18 heavy (non-hydrogen) atoms. The molecule has 0 aliphatic carbocycles. The van der Waals surface area contributed by atoms with Crippen LogP contribution in [-0.2, 0) is 0 Å². The van der Waals surface area contributed by atoms with Gasteiger partial charge in [-0.25, -0.2) is 4.39 Å². The first-order chi connectivity index (χ1) is 8.58. The molecule has 0 amide bonds. The second-order valence-electron chi connectivity index (χ2n) is 3.74. The van der Waals surface area contributed by atoms with E-state index in [1.165, 1.54) is 12.1 Å². The maximum absolute atomic E-state index is 13.6. The molecule has 0 aliphatic heterocycles. The Labute approximate surface area is 103 Å². The second-order valence-corrected chi connectivity index (χ2v) is 3.74. The molecule has 2 aromatic rings. The average molecular weight is 247 g/mol. The standard InChI is InChI=1S/C13H10FNO3/c1-9-4-2-3-5-12(9)18-13-7-6-10(15(16)17)8-11(13)14/h2-8H,1H3. The van der Waals surface area contributed by atoms with Gasteiger partial charge in [0, 0.05) is 6.07 Å². The largest absolute Gasteiger partial charge is 0.454 e. The van der Waals surface area contributed by atoms with Gasteiger partial charge in [-0.3, -0.25) is 10.1 Å². The van der Waals surface area contributed by atoms with Crippen LogP contribution in [0.1, 0.15) is 5.56 Å². The Morgan fingerprint density at radius 3 is 2.50 bits per heavy atom. The van der Waals surface area contributed by atoms with E-state index < -0.39 is 10.7 Å². The normalized spacial score (nSPS) is 10.1. The molecule has 0 aromatic heterocycles. The lowest BCUT2D eigenvalue weighted by molar-refractivity contribution is -0.385. The van der Waals surface area contributed by atoms with E-state index in [0.717, 1.165) is 11.6 Å². The van der Waals surface area contributed by atoms with Crippen molar-refractivity contribution in [2.45, 2.75) is 6.92 Å². The van der Waals surface area contributed by atoms with Crippen LogP contribution < -0.4 is 4.74 Å². The van der Waals surface area contributed by atoms with Crippen LogP contribution >= 0.6 is 0 Å². The zero-order valence-electron chi connectivity index (χ0n) is 9.59. The number of ether oxygens (including phenoxy) is 1. The smallest absolute Gasteiger partial charge is 0.272 e. The highest BCUT2D eigenvalue weighted by Crippen LogP contribution is 2.29. The molecule has 0 N–H and O–H groups in total. The highest BCUT2D eigenvalue weighted by molar-refractivity contribution is 5.41. The third kappa shape index (κ3) is 2.45. The van der Waals surface area contributed by atoms with Crippen LogP contribution in [0, 0.1) is 22.9 Å². The van der Waals surface area contributed by atoms with E-state index in [9.17, 15) is 14.5 Å². The number of nitro benzene ring substituents is 1. The van der Waals surface area contributed by atoms with Gasteiger partial charge in [0.15, 0.2) is 11.6 Å². The van der Waals surface area contributed by atoms with Gasteiger partial charge >= 0.3 is 0 Å². The molecule has 2 rings (SSSR count). The van der Waals surface area contributed by atoms with Gasteiger partial charge in [-0.1, -0.05) is 18.2 Å². The predicted octanol–water partition coefficient (Wildman–Crippen LogP) is 3.83. The maximum Gasteiger partial charge on any atom is 0.272 e. The summed E-state index contributed by atoms with van der Waals surface area (Å²) in [5, 5.41) is 10.5. The van der Waals surface area contributed by atoms with Crippen LogP contribution in [0.15, 0.2) is 42.5 Å². The highest BCUT2D eigenvalue weighted by Gasteiger charge is 2.12. The van der Waals surface area contributed by atoms with Crippen molar-refractivity contribution in [3.05, 3.63) is 64.0 Å². The molecule has 0 saturated heterocycles. The molecule has 5 heteroatoms. The quantitative estimate of drug-likeness (QED) is 0.611. The number of benzene rings is 2. The minimum Gasteiger partial charge on any atom is -0.454 e. The van der Waals surface area contributed by atoms with Gasteiger partial charge in [0.05, 0.1) is 11.0 Å². The first kappa shape index (κ1) is 12.0. The molecule has 0 bridgehead atoms. The predicted molar refractivity (Wildman–Crippen MR) is 64.3 cm³/mol. The van der Waals surface area contributed by atoms with Crippen LogP contribution in [0.5, 0.6) is 11.5 Å². The van der Waals surface area contributed by atoms with Crippen molar-refractivity contribution in [1.82, 2.24) is 0 Å². The Morgan fingerprint density at radius 1 is 1.17 bits per heavy atom. The molecule has 0 aliphatic rings. The molecule has 0 spiro atoms. The summed E-state index contributed by atoms with van der Waals surface area (Å²) in [5.74, 6) is -0.271. The van der Waals surface area contributed by atoms with Gasteiger partial charge in [-0.05, 0) is 24.6 Å². The van der Waals surface area contributed by atoms with Crippen molar-refractivity contribution in [3.8, 4) is 11.5 Å². The number of non-ortho nitro benzene ring substituents is 1. The van der Waals surface area contributed by atoms with E-state index in [0.29, 0.717) is 5.75 Å². The topological polar surface area (TPSA) is 52.4 Å². The third-order valence-corrected chi connectivity index (χ3v) is 2.44. The summed E-state index contributed by atoms with van der Waals surface area (Å²) in [6.07, 6.45) is 0. The Kier molecular flexibility index (Phi) is 3.23. The van der Waals surface area contributed by atoms with Gasteiger partial charge in [0.25, 0.3) is 5.69 Å². The van der Waals surface area contributed by atoms with Gasteiger partial charge in [-0.2, -0.15) is 0 Å². The number of hydrogen-bond acceptors (Lipinski definition) is 3. The summed E-state index contributed by atoms with van der Waals surface area (Å²) in [4.78, 5) is 9.82. The van der Waals surface area contributed by atoms with Crippen molar-refractivity contribution in [2.75, 3.05) is 0 Å². The molecule has 4 nitrogen and oxygen atoms in total. The van der Waals surface area contributed by atoms with Gasteiger partial charge < -0.3 is 4.74 Å². The summed E-state index contributed by atoms with van der Waals surface area (Å²) in [7, 11) is 0. The summed E-state index contributed by atoms with van der Waals surface area (Å²) in [6.45, 7) is 1.83. The van der Waals surface area contributed by atoms with Crippen LogP contribution in [-0.4, -0.2) is 4.92 Å². The Bertz CT molecular complexity index is 599. The van der Waals surface area contributed by atoms with Gasteiger partial charge in [-0.15, -0.1) is 0 Å². The Hall–Kier alpha value is -2.43. The zero-order chi connectivity index (χ0) is 13.1. The number of para-hydroxylation sites is 1. The number of rotatable bonds is 3. The summed E-state index contributed by atoms with van der Waals surface area (Å²) in [6, 6.07) is 10.4. The maximum atomic E-state index is 13.6. The fourth-order valence-corrected chi connectivity index (χ4v) is 1.48. The van der Waals surface area contributed by atoms with E-state index in [1.807, 2.05) is 19.1 Å². The van der Waals surface area contributed by atoms with E-state index in [4.69, 9.17) is 4.74 Å². The van der Waals surface area contributed by atoms with E-state index >= 15 is 0 Å². The fourth-order valence-electron chi connectivity index (χ4n) is 1.48. The lowest BCUT2D eigenvalue weighted by Crippen LogP contribution is -1.93. The van der Waals surface area contributed by atoms with Crippen molar-refractivity contribution >= 4 is 5.69 Å². The van der Waals surface area contributed by atoms with E-state index in [1.54, 1.807) is 12.1 Å². The Balaban J connectivity index is 2.30. The molecule has 0 saturated carbocycles. The van der Waals surface area contributed by atoms with Crippen molar-refractivity contribution in [3.63, 3.8) is 0 Å². The van der Waals surface area contributed by atoms with Crippen molar-refractivity contribution in [1.29, 1.82) is 0 Å². The molecule has 0 heterocycles. The highest BCUT2D eigenvalue weighted by atomic mass is 19.1. The van der Waals surface area contributed by atoms with Crippen LogP contribution in [0.25, 0.3) is 0 Å². The molecule has 0 radical (unpaired) electrons. The molecular weight excluding hydrogens is 237 g/mol. The summed E-state index contributed by atoms with van der Waals surface area (Å²) >= 11 is 0. The molecule has 2 aromatic carbocycles. The number of aryl methyl sites for hydroxylation is 1. The SMILES string of the molecule is Cc1ccccc1Oc1ccc([N+](=O)[O-])cc1F. The lowest BCUT2D eigenvalue weighted by Gasteiger charge is -2.08. The number of halogens is 1. The van der Waals surface area contributed by atoms with Crippen LogP contribution in [0.4, 0.5) is 10.1 Å². The number of hydrogen-bond donors (Lipinski definition) is 0. The minimum absolute atomic E-state index is 0.0325. The number of nitrogens with zero attached hydrogens (tertiary/aromatic N) is 1. The van der Waals surface area contributed by atoms with E-state index in [-0.39, 0.29) is 11.4 Å². The van der Waals surface area contributed by atoms with Gasteiger partial charge in [0.1, 0.15) is 5.75 Å². The molecule has 0 fully saturated rings. The average Bonchev–Trinajstić information content (AvgIpc) is 2.34.